The standard InChI is InChI=1S/C20H31N3O3S2/c1-16(2)14-17-5-7-19(8-6-17)28(24,25)23-11-9-22(10-12-23)20(27)21-15-18-4-3-13-26-18/h5-8,16,18H,3-4,9-15H2,1-2H3,(H,21,27)/t18-/m0/s1. The summed E-state index contributed by atoms with van der Waals surface area (Å²) >= 11 is 5.47. The Bertz CT molecular complexity index is 751. The van der Waals surface area contributed by atoms with Crippen molar-refractivity contribution in [3.8, 4) is 0 Å². The van der Waals surface area contributed by atoms with E-state index in [-0.39, 0.29) is 6.10 Å². The third kappa shape index (κ3) is 5.43. The Morgan fingerprint density at radius 3 is 2.46 bits per heavy atom. The van der Waals surface area contributed by atoms with Gasteiger partial charge in [-0.15, -0.1) is 0 Å². The second-order valence-electron chi connectivity index (χ2n) is 7.95. The van der Waals surface area contributed by atoms with Crippen LogP contribution in [0.25, 0.3) is 0 Å². The first-order chi connectivity index (χ1) is 13.4. The molecule has 0 spiro atoms. The van der Waals surface area contributed by atoms with E-state index in [2.05, 4.69) is 19.2 Å². The molecule has 8 heteroatoms. The summed E-state index contributed by atoms with van der Waals surface area (Å²) in [5.41, 5.74) is 1.17. The van der Waals surface area contributed by atoms with E-state index in [0.717, 1.165) is 32.4 Å². The van der Waals surface area contributed by atoms with E-state index >= 15 is 0 Å². The van der Waals surface area contributed by atoms with Gasteiger partial charge in [-0.25, -0.2) is 8.42 Å². The topological polar surface area (TPSA) is 61.9 Å². The Morgan fingerprint density at radius 1 is 1.21 bits per heavy atom. The van der Waals surface area contributed by atoms with Gasteiger partial charge < -0.3 is 15.0 Å². The van der Waals surface area contributed by atoms with Crippen molar-refractivity contribution in [2.24, 2.45) is 5.92 Å². The minimum atomic E-state index is -3.46. The van der Waals surface area contributed by atoms with Crippen LogP contribution in [0.4, 0.5) is 0 Å². The van der Waals surface area contributed by atoms with Crippen molar-refractivity contribution in [2.45, 2.75) is 44.1 Å². The first-order valence-corrected chi connectivity index (χ1v) is 11.9. The van der Waals surface area contributed by atoms with Crippen molar-refractivity contribution in [1.82, 2.24) is 14.5 Å². The Morgan fingerprint density at radius 2 is 1.89 bits per heavy atom. The summed E-state index contributed by atoms with van der Waals surface area (Å²) < 4.78 is 33.0. The van der Waals surface area contributed by atoms with Crippen LogP contribution in [0.2, 0.25) is 0 Å². The van der Waals surface area contributed by atoms with Crippen molar-refractivity contribution in [2.75, 3.05) is 39.3 Å². The van der Waals surface area contributed by atoms with Crippen LogP contribution in [-0.2, 0) is 21.2 Å². The molecule has 2 aliphatic rings. The number of hydrogen-bond donors (Lipinski definition) is 1. The molecule has 1 N–H and O–H groups in total. The zero-order chi connectivity index (χ0) is 20.1. The molecule has 0 bridgehead atoms. The molecule has 2 fully saturated rings. The lowest BCUT2D eigenvalue weighted by atomic mass is 10.0. The molecule has 1 atom stereocenters. The van der Waals surface area contributed by atoms with E-state index in [4.69, 9.17) is 17.0 Å². The number of piperazine rings is 1. The smallest absolute Gasteiger partial charge is 0.243 e. The molecular formula is C20H31N3O3S2. The van der Waals surface area contributed by atoms with Crippen molar-refractivity contribution in [3.05, 3.63) is 29.8 Å². The second-order valence-corrected chi connectivity index (χ2v) is 10.3. The molecule has 2 heterocycles. The average Bonchev–Trinajstić information content (AvgIpc) is 3.20. The third-order valence-electron chi connectivity index (χ3n) is 5.24. The first-order valence-electron chi connectivity index (χ1n) is 10.1. The zero-order valence-corrected chi connectivity index (χ0v) is 18.4. The molecule has 1 aromatic rings. The monoisotopic (exact) mass is 425 g/mol. The summed E-state index contributed by atoms with van der Waals surface area (Å²) in [6, 6.07) is 7.31. The van der Waals surface area contributed by atoms with E-state index in [9.17, 15) is 8.42 Å². The van der Waals surface area contributed by atoms with Gasteiger partial charge in [0.25, 0.3) is 0 Å². The molecule has 2 aliphatic heterocycles. The van der Waals surface area contributed by atoms with Gasteiger partial charge in [-0.2, -0.15) is 4.31 Å². The number of hydrogen-bond acceptors (Lipinski definition) is 4. The molecule has 0 saturated carbocycles. The van der Waals surface area contributed by atoms with Crippen LogP contribution in [0.5, 0.6) is 0 Å². The van der Waals surface area contributed by atoms with Crippen LogP contribution in [0.3, 0.4) is 0 Å². The van der Waals surface area contributed by atoms with Gasteiger partial charge in [0.2, 0.25) is 10.0 Å². The first kappa shape index (κ1) is 21.5. The molecule has 3 rings (SSSR count). The fraction of sp³-hybridized carbons (Fsp3) is 0.650. The number of sulfonamides is 1. The molecular weight excluding hydrogens is 394 g/mol. The zero-order valence-electron chi connectivity index (χ0n) is 16.8. The van der Waals surface area contributed by atoms with E-state index < -0.39 is 10.0 Å². The van der Waals surface area contributed by atoms with Crippen molar-refractivity contribution in [1.29, 1.82) is 0 Å². The molecule has 6 nitrogen and oxygen atoms in total. The molecule has 0 aromatic heterocycles. The quantitative estimate of drug-likeness (QED) is 0.706. The highest BCUT2D eigenvalue weighted by molar-refractivity contribution is 7.89. The Kier molecular flexibility index (Phi) is 7.31. The van der Waals surface area contributed by atoms with Crippen molar-refractivity contribution in [3.63, 3.8) is 0 Å². The van der Waals surface area contributed by atoms with Gasteiger partial charge in [0.15, 0.2) is 5.11 Å². The Labute approximate surface area is 174 Å². The van der Waals surface area contributed by atoms with Crippen LogP contribution >= 0.6 is 12.2 Å². The van der Waals surface area contributed by atoms with Crippen molar-refractivity contribution < 1.29 is 13.2 Å². The summed E-state index contributed by atoms with van der Waals surface area (Å²) in [5.74, 6) is 0.549. The lowest BCUT2D eigenvalue weighted by molar-refractivity contribution is 0.113. The maximum Gasteiger partial charge on any atom is 0.243 e. The van der Waals surface area contributed by atoms with E-state index in [0.29, 0.717) is 42.1 Å². The number of nitrogens with one attached hydrogen (secondary N) is 1. The Balaban J connectivity index is 1.52. The molecule has 0 radical (unpaired) electrons. The average molecular weight is 426 g/mol. The summed E-state index contributed by atoms with van der Waals surface area (Å²) in [6.45, 7) is 7.95. The molecule has 28 heavy (non-hydrogen) atoms. The largest absolute Gasteiger partial charge is 0.376 e. The Hall–Kier alpha value is -1.22. The fourth-order valence-corrected chi connectivity index (χ4v) is 5.36. The van der Waals surface area contributed by atoms with Crippen LogP contribution in [-0.4, -0.2) is 68.2 Å². The number of nitrogens with zero attached hydrogens (tertiary/aromatic N) is 2. The highest BCUT2D eigenvalue weighted by Gasteiger charge is 2.29. The number of thiocarbonyl (C=S) groups is 1. The van der Waals surface area contributed by atoms with E-state index in [1.807, 2.05) is 17.0 Å². The van der Waals surface area contributed by atoms with Gasteiger partial charge in [0.1, 0.15) is 0 Å². The van der Waals surface area contributed by atoms with E-state index in [1.165, 1.54) is 5.56 Å². The SMILES string of the molecule is CC(C)Cc1ccc(S(=O)(=O)N2CCN(C(=S)NC[C@@H]3CCCO3)CC2)cc1. The summed E-state index contributed by atoms with van der Waals surface area (Å²) in [4.78, 5) is 2.41. The summed E-state index contributed by atoms with van der Waals surface area (Å²) in [6.07, 6.45) is 3.36. The maximum atomic E-state index is 12.9. The van der Waals surface area contributed by atoms with Crippen LogP contribution in [0.15, 0.2) is 29.2 Å². The minimum Gasteiger partial charge on any atom is -0.376 e. The van der Waals surface area contributed by atoms with E-state index in [1.54, 1.807) is 16.4 Å². The van der Waals surface area contributed by atoms with Crippen molar-refractivity contribution >= 4 is 27.4 Å². The lowest BCUT2D eigenvalue weighted by Gasteiger charge is -2.35. The summed E-state index contributed by atoms with van der Waals surface area (Å²) in [7, 11) is -3.46. The molecule has 0 aliphatic carbocycles. The summed E-state index contributed by atoms with van der Waals surface area (Å²) in [5, 5.41) is 3.95. The minimum absolute atomic E-state index is 0.235. The van der Waals surface area contributed by atoms with Gasteiger partial charge >= 0.3 is 0 Å². The predicted octanol–water partition coefficient (Wildman–Crippen LogP) is 2.24. The fourth-order valence-electron chi connectivity index (χ4n) is 3.67. The molecule has 0 unspecified atom stereocenters. The molecule has 0 amide bonds. The van der Waals surface area contributed by atoms with Gasteiger partial charge in [-0.05, 0) is 55.1 Å². The highest BCUT2D eigenvalue weighted by Crippen LogP contribution is 2.19. The molecule has 2 saturated heterocycles. The molecule has 156 valence electrons. The number of benzene rings is 1. The normalized spacial score (nSPS) is 21.2. The number of rotatable bonds is 6. The number of ether oxygens (including phenoxy) is 1. The van der Waals surface area contributed by atoms with Gasteiger partial charge in [0.05, 0.1) is 11.0 Å². The second kappa shape index (κ2) is 9.52. The van der Waals surface area contributed by atoms with Crippen LogP contribution < -0.4 is 5.32 Å². The van der Waals surface area contributed by atoms with Gasteiger partial charge in [-0.3, -0.25) is 0 Å². The van der Waals surface area contributed by atoms with Gasteiger partial charge in [-0.1, -0.05) is 26.0 Å². The lowest BCUT2D eigenvalue weighted by Crippen LogP contribution is -2.53. The van der Waals surface area contributed by atoms with Gasteiger partial charge in [0, 0.05) is 39.3 Å². The van der Waals surface area contributed by atoms with Crippen LogP contribution in [0.1, 0.15) is 32.3 Å². The van der Waals surface area contributed by atoms with Crippen LogP contribution in [0, 0.1) is 5.92 Å². The highest BCUT2D eigenvalue weighted by atomic mass is 32.2. The predicted molar refractivity (Wildman–Crippen MR) is 115 cm³/mol. The molecule has 1 aromatic carbocycles. The third-order valence-corrected chi connectivity index (χ3v) is 7.55. The maximum absolute atomic E-state index is 12.9.